The number of amides is 2. The lowest BCUT2D eigenvalue weighted by Gasteiger charge is -2.14. The van der Waals surface area contributed by atoms with Gasteiger partial charge in [-0.15, -0.1) is 0 Å². The Bertz CT molecular complexity index is 1080. The molecule has 1 heterocycles. The first kappa shape index (κ1) is 17.5. The summed E-state index contributed by atoms with van der Waals surface area (Å²) in [6, 6.07) is 15.9. The predicted molar refractivity (Wildman–Crippen MR) is 104 cm³/mol. The first-order valence-electron chi connectivity index (χ1n) is 8.55. The number of fused-ring (bicyclic) bond motifs is 1. The maximum absolute atomic E-state index is 13.1. The molecular weight excluding hydrogens is 361 g/mol. The second-order valence-electron chi connectivity index (χ2n) is 6.30. The molecule has 4 N–H and O–H groups in total. The number of anilines is 2. The van der Waals surface area contributed by atoms with Crippen molar-refractivity contribution >= 4 is 23.2 Å². The van der Waals surface area contributed by atoms with Crippen LogP contribution < -0.4 is 21.1 Å². The summed E-state index contributed by atoms with van der Waals surface area (Å²) in [7, 11) is 0. The average molecular weight is 377 g/mol. The van der Waals surface area contributed by atoms with Crippen molar-refractivity contribution in [2.75, 3.05) is 17.6 Å². The van der Waals surface area contributed by atoms with E-state index in [-0.39, 0.29) is 24.2 Å². The van der Waals surface area contributed by atoms with Crippen LogP contribution in [0.3, 0.4) is 0 Å². The van der Waals surface area contributed by atoms with Crippen molar-refractivity contribution in [3.63, 3.8) is 0 Å². The van der Waals surface area contributed by atoms with E-state index in [4.69, 9.17) is 10.5 Å². The van der Waals surface area contributed by atoms with Gasteiger partial charge in [-0.25, -0.2) is 4.39 Å². The van der Waals surface area contributed by atoms with Crippen molar-refractivity contribution in [3.05, 3.63) is 72.0 Å². The second-order valence-corrected chi connectivity index (χ2v) is 6.30. The van der Waals surface area contributed by atoms with Gasteiger partial charge in [-0.05, 0) is 60.2 Å². The number of rotatable bonds is 3. The van der Waals surface area contributed by atoms with Crippen LogP contribution in [0.2, 0.25) is 0 Å². The van der Waals surface area contributed by atoms with Crippen LogP contribution in [0.1, 0.15) is 10.4 Å². The number of carbonyl (C=O) groups is 2. The van der Waals surface area contributed by atoms with Gasteiger partial charge < -0.3 is 21.1 Å². The van der Waals surface area contributed by atoms with Crippen LogP contribution in [0.25, 0.3) is 11.1 Å². The molecule has 6 nitrogen and oxygen atoms in total. The fourth-order valence-corrected chi connectivity index (χ4v) is 2.95. The van der Waals surface area contributed by atoms with E-state index >= 15 is 0 Å². The van der Waals surface area contributed by atoms with Gasteiger partial charge in [0, 0.05) is 11.3 Å². The van der Waals surface area contributed by atoms with Crippen LogP contribution >= 0.6 is 0 Å². The SMILES string of the molecule is Nc1ccc(Oc2ccc(F)cc2)c(-c2ccc3c(c2)C(=O)NCC(=O)N3)c1. The third kappa shape index (κ3) is 3.50. The summed E-state index contributed by atoms with van der Waals surface area (Å²) >= 11 is 0. The molecule has 1 aliphatic rings. The zero-order valence-corrected chi connectivity index (χ0v) is 14.7. The van der Waals surface area contributed by atoms with Crippen LogP contribution in [0.5, 0.6) is 11.5 Å². The summed E-state index contributed by atoms with van der Waals surface area (Å²) in [4.78, 5) is 24.0. The summed E-state index contributed by atoms with van der Waals surface area (Å²) in [6.07, 6.45) is 0. The highest BCUT2D eigenvalue weighted by Crippen LogP contribution is 2.36. The van der Waals surface area contributed by atoms with E-state index in [9.17, 15) is 14.0 Å². The van der Waals surface area contributed by atoms with Crippen molar-refractivity contribution in [2.24, 2.45) is 0 Å². The van der Waals surface area contributed by atoms with E-state index in [0.29, 0.717) is 39.6 Å². The number of carbonyl (C=O) groups excluding carboxylic acids is 2. The summed E-state index contributed by atoms with van der Waals surface area (Å²) in [5.41, 5.74) is 8.60. The molecule has 0 aliphatic carbocycles. The Kier molecular flexibility index (Phi) is 4.41. The monoisotopic (exact) mass is 377 g/mol. The lowest BCUT2D eigenvalue weighted by Crippen LogP contribution is -2.28. The number of nitrogens with one attached hydrogen (secondary N) is 2. The fourth-order valence-electron chi connectivity index (χ4n) is 2.95. The third-order valence-electron chi connectivity index (χ3n) is 4.30. The zero-order chi connectivity index (χ0) is 19.7. The highest BCUT2D eigenvalue weighted by molar-refractivity contribution is 6.09. The molecule has 1 aliphatic heterocycles. The van der Waals surface area contributed by atoms with Crippen molar-refractivity contribution in [2.45, 2.75) is 0 Å². The molecule has 140 valence electrons. The molecule has 0 radical (unpaired) electrons. The molecule has 0 aromatic heterocycles. The fraction of sp³-hybridized carbons (Fsp3) is 0.0476. The van der Waals surface area contributed by atoms with E-state index in [1.807, 2.05) is 0 Å². The molecule has 0 unspecified atom stereocenters. The minimum atomic E-state index is -0.358. The first-order valence-corrected chi connectivity index (χ1v) is 8.55. The number of halogens is 1. The molecule has 0 spiro atoms. The van der Waals surface area contributed by atoms with Gasteiger partial charge in [0.15, 0.2) is 0 Å². The Morgan fingerprint density at radius 2 is 1.71 bits per heavy atom. The standard InChI is InChI=1S/C21H16FN3O3/c22-13-2-5-15(6-3-13)28-19-8-4-14(23)10-16(19)12-1-7-18-17(9-12)21(27)24-11-20(26)25-18/h1-10H,11,23H2,(H,24,27)(H,25,26). The maximum atomic E-state index is 13.1. The van der Waals surface area contributed by atoms with Crippen molar-refractivity contribution in [3.8, 4) is 22.6 Å². The molecular formula is C21H16FN3O3. The highest BCUT2D eigenvalue weighted by atomic mass is 19.1. The molecule has 3 aromatic rings. The number of hydrogen-bond donors (Lipinski definition) is 3. The van der Waals surface area contributed by atoms with E-state index < -0.39 is 0 Å². The molecule has 2 amide bonds. The largest absolute Gasteiger partial charge is 0.457 e. The summed E-state index contributed by atoms with van der Waals surface area (Å²) in [5, 5.41) is 5.25. The van der Waals surface area contributed by atoms with Crippen LogP contribution in [0.4, 0.5) is 15.8 Å². The molecule has 0 bridgehead atoms. The predicted octanol–water partition coefficient (Wildman–Crippen LogP) is 3.55. The Morgan fingerprint density at radius 1 is 0.929 bits per heavy atom. The van der Waals surface area contributed by atoms with Gasteiger partial charge in [0.25, 0.3) is 5.91 Å². The van der Waals surface area contributed by atoms with Gasteiger partial charge >= 0.3 is 0 Å². The topological polar surface area (TPSA) is 93.4 Å². The lowest BCUT2D eigenvalue weighted by atomic mass is 10.00. The van der Waals surface area contributed by atoms with Gasteiger partial charge in [0.1, 0.15) is 17.3 Å². The quantitative estimate of drug-likeness (QED) is 0.609. The summed E-state index contributed by atoms with van der Waals surface area (Å²) in [5.74, 6) is -0.0288. The number of benzene rings is 3. The minimum Gasteiger partial charge on any atom is -0.457 e. The molecule has 3 aromatic carbocycles. The molecule has 0 saturated carbocycles. The smallest absolute Gasteiger partial charge is 0.253 e. The third-order valence-corrected chi connectivity index (χ3v) is 4.30. The summed E-state index contributed by atoms with van der Waals surface area (Å²) in [6.45, 7) is -0.0833. The van der Waals surface area contributed by atoms with Crippen LogP contribution in [0.15, 0.2) is 60.7 Å². The van der Waals surface area contributed by atoms with Crippen LogP contribution in [-0.4, -0.2) is 18.4 Å². The van der Waals surface area contributed by atoms with Crippen LogP contribution in [0, 0.1) is 5.82 Å². The maximum Gasteiger partial charge on any atom is 0.253 e. The van der Waals surface area contributed by atoms with Crippen molar-refractivity contribution < 1.29 is 18.7 Å². The van der Waals surface area contributed by atoms with E-state index in [1.165, 1.54) is 24.3 Å². The number of nitrogens with two attached hydrogens (primary N) is 1. The molecule has 7 heteroatoms. The molecule has 0 atom stereocenters. The summed E-state index contributed by atoms with van der Waals surface area (Å²) < 4.78 is 19.0. The number of ether oxygens (including phenoxy) is 1. The van der Waals surface area contributed by atoms with Gasteiger partial charge in [-0.1, -0.05) is 6.07 Å². The lowest BCUT2D eigenvalue weighted by molar-refractivity contribution is -0.115. The average Bonchev–Trinajstić information content (AvgIpc) is 2.83. The van der Waals surface area contributed by atoms with Gasteiger partial charge in [-0.2, -0.15) is 0 Å². The Labute approximate surface area is 160 Å². The zero-order valence-electron chi connectivity index (χ0n) is 14.7. The minimum absolute atomic E-state index is 0.0833. The van der Waals surface area contributed by atoms with Gasteiger partial charge in [-0.3, -0.25) is 9.59 Å². The molecule has 0 fully saturated rings. The first-order chi connectivity index (χ1) is 13.5. The Hall–Kier alpha value is -3.87. The number of nitrogen functional groups attached to an aromatic ring is 1. The Morgan fingerprint density at radius 3 is 2.50 bits per heavy atom. The molecule has 28 heavy (non-hydrogen) atoms. The van der Waals surface area contributed by atoms with Crippen molar-refractivity contribution in [1.82, 2.24) is 5.32 Å². The van der Waals surface area contributed by atoms with Crippen LogP contribution in [-0.2, 0) is 4.79 Å². The van der Waals surface area contributed by atoms with Gasteiger partial charge in [0.05, 0.1) is 17.8 Å². The van der Waals surface area contributed by atoms with E-state index in [1.54, 1.807) is 36.4 Å². The highest BCUT2D eigenvalue weighted by Gasteiger charge is 2.20. The van der Waals surface area contributed by atoms with E-state index in [2.05, 4.69) is 10.6 Å². The Balaban J connectivity index is 1.76. The normalized spacial score (nSPS) is 13.2. The molecule has 0 saturated heterocycles. The van der Waals surface area contributed by atoms with Gasteiger partial charge in [0.2, 0.25) is 5.91 Å². The second kappa shape index (κ2) is 7.03. The molecule has 4 rings (SSSR count). The van der Waals surface area contributed by atoms with Crippen molar-refractivity contribution in [1.29, 1.82) is 0 Å². The van der Waals surface area contributed by atoms with E-state index in [0.717, 1.165) is 0 Å². The number of hydrogen-bond acceptors (Lipinski definition) is 4.